The van der Waals surface area contributed by atoms with Crippen molar-refractivity contribution in [2.24, 2.45) is 26.6 Å². The number of likely N-dealkylation sites (tertiary alicyclic amines) is 1. The zero-order valence-corrected chi connectivity index (χ0v) is 16.8. The van der Waals surface area contributed by atoms with Crippen molar-refractivity contribution in [3.05, 3.63) is 47.5 Å². The number of piperidine rings is 1. The highest BCUT2D eigenvalue weighted by atomic mass is 19.1. The van der Waals surface area contributed by atoms with E-state index >= 15 is 0 Å². The Balaban J connectivity index is 1.93. The summed E-state index contributed by atoms with van der Waals surface area (Å²) in [7, 11) is 0. The van der Waals surface area contributed by atoms with Gasteiger partial charge in [0.25, 0.3) is 0 Å². The molecule has 8 heteroatoms. The third-order valence-electron chi connectivity index (χ3n) is 5.45. The molecule has 1 heterocycles. The van der Waals surface area contributed by atoms with Crippen molar-refractivity contribution in [2.75, 3.05) is 18.8 Å². The number of hydrogen-bond donors (Lipinski definition) is 2. The Kier molecular flexibility index (Phi) is 7.02. The first-order valence-electron chi connectivity index (χ1n) is 9.73. The van der Waals surface area contributed by atoms with Crippen LogP contribution < -0.4 is 11.5 Å². The fourth-order valence-electron chi connectivity index (χ4n) is 3.78. The molecule has 0 spiro atoms. The predicted molar refractivity (Wildman–Crippen MR) is 119 cm³/mol. The van der Waals surface area contributed by atoms with E-state index in [1.165, 1.54) is 30.6 Å². The van der Waals surface area contributed by atoms with Gasteiger partial charge in [0.2, 0.25) is 0 Å². The van der Waals surface area contributed by atoms with Gasteiger partial charge in [-0.25, -0.2) is 13.8 Å². The lowest BCUT2D eigenvalue weighted by Crippen LogP contribution is -2.39. The van der Waals surface area contributed by atoms with Gasteiger partial charge in [-0.2, -0.15) is 0 Å². The van der Waals surface area contributed by atoms with E-state index in [4.69, 9.17) is 11.5 Å². The Morgan fingerprint density at radius 2 is 1.90 bits per heavy atom. The quantitative estimate of drug-likeness (QED) is 0.412. The van der Waals surface area contributed by atoms with Crippen LogP contribution in [-0.2, 0) is 6.54 Å². The molecule has 2 aromatic rings. The molecular weight excluding hydrogens is 386 g/mol. The van der Waals surface area contributed by atoms with E-state index < -0.39 is 11.6 Å². The van der Waals surface area contributed by atoms with Gasteiger partial charge in [-0.3, -0.25) is 14.9 Å². The van der Waals surface area contributed by atoms with Crippen LogP contribution in [-0.4, -0.2) is 43.9 Å². The molecule has 0 radical (unpaired) electrons. The molecule has 1 atom stereocenters. The van der Waals surface area contributed by atoms with Crippen molar-refractivity contribution in [1.29, 1.82) is 0 Å². The Labute approximate surface area is 175 Å². The summed E-state index contributed by atoms with van der Waals surface area (Å²) in [5, 5.41) is 0. The van der Waals surface area contributed by atoms with E-state index in [1.807, 2.05) is 0 Å². The number of nitrogens with two attached hydrogens (primary N) is 2. The summed E-state index contributed by atoms with van der Waals surface area (Å²) in [6, 6.07) is 7.17. The molecule has 1 aliphatic rings. The maximum Gasteiger partial charge on any atom is 0.146 e. The molecule has 6 nitrogen and oxygen atoms in total. The molecule has 0 saturated carbocycles. The van der Waals surface area contributed by atoms with Crippen molar-refractivity contribution in [1.82, 2.24) is 4.90 Å². The van der Waals surface area contributed by atoms with Crippen LogP contribution in [0.2, 0.25) is 0 Å². The second kappa shape index (κ2) is 9.69. The largest absolute Gasteiger partial charge is 0.396 e. The highest BCUT2D eigenvalue weighted by Gasteiger charge is 2.24. The lowest BCUT2D eigenvalue weighted by atomic mass is 9.93. The second-order valence-electron chi connectivity index (χ2n) is 7.41. The minimum atomic E-state index is -0.565. The van der Waals surface area contributed by atoms with E-state index in [0.717, 1.165) is 25.9 Å². The molecule has 1 saturated heterocycles. The number of anilines is 1. The normalized spacial score (nSPS) is 16.6. The minimum absolute atomic E-state index is 0.0308. The van der Waals surface area contributed by atoms with E-state index in [1.54, 1.807) is 6.07 Å². The first-order valence-corrected chi connectivity index (χ1v) is 9.73. The Morgan fingerprint density at radius 1 is 1.17 bits per heavy atom. The smallest absolute Gasteiger partial charge is 0.146 e. The van der Waals surface area contributed by atoms with Crippen molar-refractivity contribution >= 4 is 31.1 Å². The topological polar surface area (TPSA) is 92.4 Å². The Hall–Kier alpha value is -2.97. The van der Waals surface area contributed by atoms with Gasteiger partial charge in [-0.15, -0.1) is 0 Å². The Morgan fingerprint density at radius 3 is 2.53 bits per heavy atom. The van der Waals surface area contributed by atoms with Gasteiger partial charge >= 0.3 is 0 Å². The molecule has 1 unspecified atom stereocenters. The van der Waals surface area contributed by atoms with Crippen LogP contribution in [0.4, 0.5) is 20.2 Å². The lowest BCUT2D eigenvalue weighted by molar-refractivity contribution is 0.164. The third-order valence-corrected chi connectivity index (χ3v) is 5.45. The molecule has 1 aliphatic heterocycles. The van der Waals surface area contributed by atoms with Gasteiger partial charge in [-0.05, 0) is 80.7 Å². The molecule has 0 aliphatic carbocycles. The zero-order chi connectivity index (χ0) is 21.7. The molecule has 3 rings (SSSR count). The Bertz CT molecular complexity index is 951. The van der Waals surface area contributed by atoms with Crippen molar-refractivity contribution in [3.63, 3.8) is 0 Å². The molecule has 2 aromatic carbocycles. The molecule has 0 amide bonds. The number of hydrogen-bond acceptors (Lipinski definition) is 5. The summed E-state index contributed by atoms with van der Waals surface area (Å²) >= 11 is 0. The maximum absolute atomic E-state index is 14.5. The number of aliphatic imine (C=N–C) groups is 3. The summed E-state index contributed by atoms with van der Waals surface area (Å²) in [5.74, 6) is -0.693. The number of benzene rings is 2. The summed E-state index contributed by atoms with van der Waals surface area (Å²) in [6.45, 7) is 9.05. The number of nitrogen functional groups attached to an aromatic ring is 1. The molecule has 0 aromatic heterocycles. The fraction of sp³-hybridized carbons (Fsp3) is 0.318. The predicted octanol–water partition coefficient (Wildman–Crippen LogP) is 3.77. The highest BCUT2D eigenvalue weighted by molar-refractivity contribution is 5.82. The van der Waals surface area contributed by atoms with Crippen LogP contribution in [0.25, 0.3) is 11.1 Å². The highest BCUT2D eigenvalue weighted by Crippen LogP contribution is 2.37. The van der Waals surface area contributed by atoms with Crippen LogP contribution >= 0.6 is 0 Å². The molecule has 30 heavy (non-hydrogen) atoms. The summed E-state index contributed by atoms with van der Waals surface area (Å²) in [5.41, 5.74) is 13.8. The molecule has 4 N–H and O–H groups in total. The third kappa shape index (κ3) is 4.95. The van der Waals surface area contributed by atoms with E-state index in [0.29, 0.717) is 34.8 Å². The second-order valence-corrected chi connectivity index (χ2v) is 7.41. The standard InChI is InChI=1S/C22H26F2N6/c1-27-13-29-21-16(12-30-7-5-14(6-8-30)22(26)28-2)9-17(23)11-18(21)15-3-4-20(25)19(24)10-15/h3-4,9-11,13-14,22H,1-2,5-8,12,25-26H2. The van der Waals surface area contributed by atoms with Crippen molar-refractivity contribution in [2.45, 2.75) is 25.6 Å². The van der Waals surface area contributed by atoms with Crippen molar-refractivity contribution in [3.8, 4) is 11.1 Å². The first kappa shape index (κ1) is 21.7. The van der Waals surface area contributed by atoms with Crippen LogP contribution in [0, 0.1) is 17.6 Å². The molecule has 0 bridgehead atoms. The van der Waals surface area contributed by atoms with E-state index in [-0.39, 0.29) is 11.9 Å². The van der Waals surface area contributed by atoms with E-state index in [9.17, 15) is 8.78 Å². The number of rotatable bonds is 7. The average Bonchev–Trinajstić information content (AvgIpc) is 2.74. The van der Waals surface area contributed by atoms with Crippen LogP contribution in [0.5, 0.6) is 0 Å². The maximum atomic E-state index is 14.5. The monoisotopic (exact) mass is 412 g/mol. The minimum Gasteiger partial charge on any atom is -0.396 e. The van der Waals surface area contributed by atoms with Gasteiger partial charge in [0.05, 0.1) is 17.5 Å². The zero-order valence-electron chi connectivity index (χ0n) is 16.8. The average molecular weight is 412 g/mol. The van der Waals surface area contributed by atoms with Crippen LogP contribution in [0.1, 0.15) is 18.4 Å². The van der Waals surface area contributed by atoms with Gasteiger partial charge < -0.3 is 11.5 Å². The van der Waals surface area contributed by atoms with Crippen LogP contribution in [0.3, 0.4) is 0 Å². The van der Waals surface area contributed by atoms with Crippen LogP contribution in [0.15, 0.2) is 45.3 Å². The SMILES string of the molecule is C=NC=Nc1c(CN2CCC(C(N)N=C)CC2)cc(F)cc1-c1ccc(N)c(F)c1. The summed E-state index contributed by atoms with van der Waals surface area (Å²) in [6.07, 6.45) is 2.82. The molecular formula is C22H26F2N6. The fourth-order valence-corrected chi connectivity index (χ4v) is 3.78. The van der Waals surface area contributed by atoms with Crippen molar-refractivity contribution < 1.29 is 8.78 Å². The van der Waals surface area contributed by atoms with Gasteiger partial charge in [0.1, 0.15) is 18.0 Å². The van der Waals surface area contributed by atoms with Gasteiger partial charge in [0, 0.05) is 12.1 Å². The van der Waals surface area contributed by atoms with Gasteiger partial charge in [-0.1, -0.05) is 6.07 Å². The van der Waals surface area contributed by atoms with Gasteiger partial charge in [0.15, 0.2) is 0 Å². The van der Waals surface area contributed by atoms with E-state index in [2.05, 4.69) is 33.3 Å². The molecule has 1 fully saturated rings. The number of halogens is 2. The first-order chi connectivity index (χ1) is 14.4. The number of nitrogens with zero attached hydrogens (tertiary/aromatic N) is 4. The molecule has 158 valence electrons. The summed E-state index contributed by atoms with van der Waals surface area (Å²) < 4.78 is 28.5. The lowest BCUT2D eigenvalue weighted by Gasteiger charge is -2.33. The summed E-state index contributed by atoms with van der Waals surface area (Å²) in [4.78, 5) is 14.2.